The summed E-state index contributed by atoms with van der Waals surface area (Å²) in [6.45, 7) is 1.63. The van der Waals surface area contributed by atoms with Crippen molar-refractivity contribution in [2.24, 2.45) is 13.0 Å². The van der Waals surface area contributed by atoms with Crippen LogP contribution < -0.4 is 0 Å². The molecule has 0 aliphatic carbocycles. The van der Waals surface area contributed by atoms with Crippen LogP contribution in [0.5, 0.6) is 0 Å². The van der Waals surface area contributed by atoms with Gasteiger partial charge in [0.05, 0.1) is 4.88 Å². The molecule has 3 aromatic heterocycles. The average Bonchev–Trinajstić information content (AvgIpc) is 3.33. The molecule has 0 bridgehead atoms. The minimum Gasteiger partial charge on any atom is -0.338 e. The van der Waals surface area contributed by atoms with E-state index in [2.05, 4.69) is 15.0 Å². The topological polar surface area (TPSA) is 63.9 Å². The molecule has 0 radical (unpaired) electrons. The first-order valence-corrected chi connectivity index (χ1v) is 9.70. The Bertz CT molecular complexity index is 889. The van der Waals surface area contributed by atoms with E-state index >= 15 is 0 Å². The summed E-state index contributed by atoms with van der Waals surface area (Å²) in [5.74, 6) is 1.42. The molecule has 0 spiro atoms. The number of imidazole rings is 1. The summed E-state index contributed by atoms with van der Waals surface area (Å²) < 4.78 is 1.95. The van der Waals surface area contributed by atoms with Gasteiger partial charge < -0.3 is 9.47 Å². The number of amides is 1. The lowest BCUT2D eigenvalue weighted by atomic mass is 9.93. The van der Waals surface area contributed by atoms with E-state index in [0.717, 1.165) is 54.4 Å². The lowest BCUT2D eigenvalue weighted by Gasteiger charge is -2.32. The molecule has 4 heterocycles. The minimum atomic E-state index is 0.154. The zero-order valence-corrected chi connectivity index (χ0v) is 15.5. The van der Waals surface area contributed by atoms with Gasteiger partial charge in [-0.1, -0.05) is 6.07 Å². The van der Waals surface area contributed by atoms with Gasteiger partial charge >= 0.3 is 0 Å². The van der Waals surface area contributed by atoms with Gasteiger partial charge in [-0.2, -0.15) is 0 Å². The fourth-order valence-electron chi connectivity index (χ4n) is 3.51. The summed E-state index contributed by atoms with van der Waals surface area (Å²) >= 11 is 1.51. The molecule has 7 heteroatoms. The van der Waals surface area contributed by atoms with Crippen LogP contribution in [0.4, 0.5) is 0 Å². The number of aromatic nitrogens is 4. The Balaban J connectivity index is 1.46. The average molecular weight is 367 g/mol. The SMILES string of the molecule is Cn1ccnc1-c1cc(C[C@@H]2CCCN(C(=O)c3cccs3)C2)ncn1. The molecule has 0 aromatic carbocycles. The predicted octanol–water partition coefficient (Wildman–Crippen LogP) is 3.03. The Morgan fingerprint density at radius 3 is 3.04 bits per heavy atom. The van der Waals surface area contributed by atoms with Crippen LogP contribution in [0.3, 0.4) is 0 Å². The van der Waals surface area contributed by atoms with Crippen LogP contribution in [0, 0.1) is 5.92 Å². The molecule has 1 fully saturated rings. The molecule has 0 saturated carbocycles. The molecule has 1 aliphatic rings. The molecular weight excluding hydrogens is 346 g/mol. The monoisotopic (exact) mass is 367 g/mol. The Kier molecular flexibility index (Phi) is 4.79. The van der Waals surface area contributed by atoms with Crippen LogP contribution in [0.25, 0.3) is 11.5 Å². The van der Waals surface area contributed by atoms with Gasteiger partial charge in [-0.25, -0.2) is 15.0 Å². The van der Waals surface area contributed by atoms with Crippen LogP contribution in [-0.2, 0) is 13.5 Å². The number of hydrogen-bond donors (Lipinski definition) is 0. The van der Waals surface area contributed by atoms with Crippen molar-refractivity contribution in [1.29, 1.82) is 0 Å². The second-order valence-electron chi connectivity index (χ2n) is 6.70. The maximum atomic E-state index is 12.6. The molecule has 1 saturated heterocycles. The molecule has 3 aromatic rings. The van der Waals surface area contributed by atoms with Crippen molar-refractivity contribution < 1.29 is 4.79 Å². The third-order valence-electron chi connectivity index (χ3n) is 4.81. The summed E-state index contributed by atoms with van der Waals surface area (Å²) in [6.07, 6.45) is 8.30. The lowest BCUT2D eigenvalue weighted by molar-refractivity contribution is 0.0677. The molecule has 134 valence electrons. The molecule has 4 rings (SSSR count). The van der Waals surface area contributed by atoms with Crippen molar-refractivity contribution in [3.8, 4) is 11.5 Å². The van der Waals surface area contributed by atoms with Gasteiger partial charge in [0.1, 0.15) is 12.0 Å². The number of hydrogen-bond acceptors (Lipinski definition) is 5. The van der Waals surface area contributed by atoms with Gasteiger partial charge in [-0.3, -0.25) is 4.79 Å². The minimum absolute atomic E-state index is 0.154. The Labute approximate surface area is 156 Å². The predicted molar refractivity (Wildman–Crippen MR) is 101 cm³/mol. The summed E-state index contributed by atoms with van der Waals surface area (Å²) in [5.41, 5.74) is 1.85. The first kappa shape index (κ1) is 16.9. The Morgan fingerprint density at radius 2 is 2.27 bits per heavy atom. The Morgan fingerprint density at radius 1 is 1.35 bits per heavy atom. The van der Waals surface area contributed by atoms with Gasteiger partial charge in [0.2, 0.25) is 0 Å². The van der Waals surface area contributed by atoms with Crippen molar-refractivity contribution in [2.75, 3.05) is 13.1 Å². The molecule has 1 atom stereocenters. The number of aryl methyl sites for hydroxylation is 1. The van der Waals surface area contributed by atoms with E-state index in [-0.39, 0.29) is 5.91 Å². The summed E-state index contributed by atoms with van der Waals surface area (Å²) in [6, 6.07) is 5.85. The fraction of sp³-hybridized carbons (Fsp3) is 0.368. The van der Waals surface area contributed by atoms with E-state index < -0.39 is 0 Å². The summed E-state index contributed by atoms with van der Waals surface area (Å²) in [7, 11) is 1.96. The highest BCUT2D eigenvalue weighted by molar-refractivity contribution is 7.12. The maximum absolute atomic E-state index is 12.6. The smallest absolute Gasteiger partial charge is 0.263 e. The van der Waals surface area contributed by atoms with Gasteiger partial charge in [-0.15, -0.1) is 11.3 Å². The van der Waals surface area contributed by atoms with Crippen LogP contribution in [0.1, 0.15) is 28.2 Å². The first-order chi connectivity index (χ1) is 12.7. The molecule has 0 N–H and O–H groups in total. The number of carbonyl (C=O) groups excluding carboxylic acids is 1. The number of thiophene rings is 1. The maximum Gasteiger partial charge on any atom is 0.263 e. The zero-order valence-electron chi connectivity index (χ0n) is 14.7. The van der Waals surface area contributed by atoms with E-state index in [1.165, 1.54) is 11.3 Å². The van der Waals surface area contributed by atoms with Crippen LogP contribution >= 0.6 is 11.3 Å². The van der Waals surface area contributed by atoms with Crippen LogP contribution in [0.2, 0.25) is 0 Å². The Hall–Kier alpha value is -2.54. The number of rotatable bonds is 4. The van der Waals surface area contributed by atoms with E-state index in [1.807, 2.05) is 46.3 Å². The molecular formula is C19H21N5OS. The van der Waals surface area contributed by atoms with Crippen LogP contribution in [0.15, 0.2) is 42.3 Å². The van der Waals surface area contributed by atoms with Crippen molar-refractivity contribution in [3.05, 3.63) is 52.9 Å². The van der Waals surface area contributed by atoms with Crippen LogP contribution in [-0.4, -0.2) is 43.4 Å². The van der Waals surface area contributed by atoms with Crippen molar-refractivity contribution in [3.63, 3.8) is 0 Å². The largest absolute Gasteiger partial charge is 0.338 e. The lowest BCUT2D eigenvalue weighted by Crippen LogP contribution is -2.40. The number of carbonyl (C=O) groups is 1. The van der Waals surface area contributed by atoms with E-state index in [9.17, 15) is 4.79 Å². The standard InChI is InChI=1S/C19H21N5OS/c1-23-8-6-20-18(23)16-11-15(21-13-22-16)10-14-4-2-7-24(12-14)19(25)17-5-3-9-26-17/h3,5-6,8-9,11,13-14H,2,4,7,10,12H2,1H3/t14-/m0/s1. The molecule has 26 heavy (non-hydrogen) atoms. The van der Waals surface area contributed by atoms with E-state index in [4.69, 9.17) is 0 Å². The van der Waals surface area contributed by atoms with Gasteiger partial charge in [-0.05, 0) is 42.7 Å². The highest BCUT2D eigenvalue weighted by atomic mass is 32.1. The molecule has 0 unspecified atom stereocenters. The van der Waals surface area contributed by atoms with E-state index in [0.29, 0.717) is 5.92 Å². The molecule has 1 amide bonds. The van der Waals surface area contributed by atoms with Gasteiger partial charge in [0, 0.05) is 38.2 Å². The normalized spacial score (nSPS) is 17.4. The van der Waals surface area contributed by atoms with E-state index in [1.54, 1.807) is 12.5 Å². The highest BCUT2D eigenvalue weighted by Gasteiger charge is 2.25. The molecule has 6 nitrogen and oxygen atoms in total. The molecule has 1 aliphatic heterocycles. The zero-order chi connectivity index (χ0) is 17.9. The van der Waals surface area contributed by atoms with Crippen molar-refractivity contribution in [1.82, 2.24) is 24.4 Å². The first-order valence-electron chi connectivity index (χ1n) is 8.82. The number of piperidine rings is 1. The summed E-state index contributed by atoms with van der Waals surface area (Å²) in [5, 5.41) is 1.95. The summed E-state index contributed by atoms with van der Waals surface area (Å²) in [4.78, 5) is 28.6. The third-order valence-corrected chi connectivity index (χ3v) is 5.67. The quantitative estimate of drug-likeness (QED) is 0.711. The van der Waals surface area contributed by atoms with Crippen molar-refractivity contribution in [2.45, 2.75) is 19.3 Å². The fourth-order valence-corrected chi connectivity index (χ4v) is 4.20. The number of likely N-dealkylation sites (tertiary alicyclic amines) is 1. The van der Waals surface area contributed by atoms with Gasteiger partial charge in [0.25, 0.3) is 5.91 Å². The second-order valence-corrected chi connectivity index (χ2v) is 7.64. The van der Waals surface area contributed by atoms with Gasteiger partial charge in [0.15, 0.2) is 5.82 Å². The third kappa shape index (κ3) is 3.53. The highest BCUT2D eigenvalue weighted by Crippen LogP contribution is 2.24. The second kappa shape index (κ2) is 7.37. The van der Waals surface area contributed by atoms with Crippen molar-refractivity contribution >= 4 is 17.2 Å². The number of nitrogens with zero attached hydrogens (tertiary/aromatic N) is 5.